The number of carbonyl (C=O) groups excluding carboxylic acids is 1. The second kappa shape index (κ2) is 11.5. The molecule has 1 aromatic carbocycles. The highest BCUT2D eigenvalue weighted by Crippen LogP contribution is 2.38. The summed E-state index contributed by atoms with van der Waals surface area (Å²) in [5.41, 5.74) is -0.472. The second-order valence-electron chi connectivity index (χ2n) is 8.13. The van der Waals surface area contributed by atoms with E-state index in [4.69, 9.17) is 9.73 Å². The minimum absolute atomic E-state index is 0. The molecule has 6 nitrogen and oxygen atoms in total. The minimum atomic E-state index is -4.38. The van der Waals surface area contributed by atoms with E-state index in [1.54, 1.807) is 13.0 Å². The van der Waals surface area contributed by atoms with Crippen molar-refractivity contribution in [1.29, 1.82) is 0 Å². The van der Waals surface area contributed by atoms with Gasteiger partial charge in [0.05, 0.1) is 12.1 Å². The largest absolute Gasteiger partial charge is 0.416 e. The van der Waals surface area contributed by atoms with Crippen LogP contribution in [0.1, 0.15) is 37.8 Å². The highest BCUT2D eigenvalue weighted by Gasteiger charge is 2.37. The van der Waals surface area contributed by atoms with Gasteiger partial charge < -0.3 is 19.9 Å². The number of hydrogen-bond acceptors (Lipinski definition) is 3. The van der Waals surface area contributed by atoms with Crippen molar-refractivity contribution in [3.05, 3.63) is 35.4 Å². The zero-order valence-corrected chi connectivity index (χ0v) is 20.9. The fraction of sp³-hybridized carbons (Fsp3) is 0.636. The Kier molecular flexibility index (Phi) is 9.62. The van der Waals surface area contributed by atoms with Crippen molar-refractivity contribution in [2.45, 2.75) is 38.3 Å². The van der Waals surface area contributed by atoms with Crippen LogP contribution in [-0.2, 0) is 21.1 Å². The van der Waals surface area contributed by atoms with E-state index in [0.717, 1.165) is 12.0 Å². The molecule has 0 saturated carbocycles. The number of guanidine groups is 1. The van der Waals surface area contributed by atoms with Crippen LogP contribution in [0.3, 0.4) is 0 Å². The summed E-state index contributed by atoms with van der Waals surface area (Å²) in [4.78, 5) is 20.4. The fourth-order valence-electron chi connectivity index (χ4n) is 4.21. The number of amides is 1. The summed E-state index contributed by atoms with van der Waals surface area (Å²) in [7, 11) is 0. The van der Waals surface area contributed by atoms with E-state index >= 15 is 0 Å². The molecule has 180 valence electrons. The van der Waals surface area contributed by atoms with Gasteiger partial charge in [0.25, 0.3) is 0 Å². The average Bonchev–Trinajstić information content (AvgIpc) is 2.77. The average molecular weight is 568 g/mol. The highest BCUT2D eigenvalue weighted by molar-refractivity contribution is 14.0. The minimum Gasteiger partial charge on any atom is -0.381 e. The first kappa shape index (κ1) is 26.7. The molecule has 2 heterocycles. The van der Waals surface area contributed by atoms with Crippen molar-refractivity contribution in [3.63, 3.8) is 0 Å². The van der Waals surface area contributed by atoms with Crippen LogP contribution < -0.4 is 5.32 Å². The van der Waals surface area contributed by atoms with Gasteiger partial charge >= 0.3 is 6.18 Å². The molecule has 1 N–H and O–H groups in total. The summed E-state index contributed by atoms with van der Waals surface area (Å²) in [5, 5.41) is 3.30. The van der Waals surface area contributed by atoms with Crippen molar-refractivity contribution < 1.29 is 22.7 Å². The topological polar surface area (TPSA) is 57.2 Å². The first-order valence-electron chi connectivity index (χ1n) is 10.8. The molecule has 0 radical (unpaired) electrons. The molecule has 0 atom stereocenters. The standard InChI is InChI=1S/C22H31F3N4O2.HI/c1-3-26-20(29-11-9-28(10-12-29)17(2)30)27-16-21(7-13-31-14-8-21)18-5-4-6-19(15-18)22(23,24)25;/h4-6,15H,3,7-14,16H2,1-2H3,(H,26,27);1H. The molecule has 2 aliphatic heterocycles. The van der Waals surface area contributed by atoms with Crippen LogP contribution in [0.5, 0.6) is 0 Å². The van der Waals surface area contributed by atoms with Crippen LogP contribution in [0, 0.1) is 0 Å². The molecule has 2 fully saturated rings. The summed E-state index contributed by atoms with van der Waals surface area (Å²) < 4.78 is 45.4. The predicted molar refractivity (Wildman–Crippen MR) is 128 cm³/mol. The number of nitrogens with zero attached hydrogens (tertiary/aromatic N) is 3. The Morgan fingerprint density at radius 1 is 1.16 bits per heavy atom. The van der Waals surface area contributed by atoms with Crippen molar-refractivity contribution >= 4 is 35.8 Å². The molecule has 0 aliphatic carbocycles. The maximum Gasteiger partial charge on any atom is 0.416 e. The second-order valence-corrected chi connectivity index (χ2v) is 8.13. The van der Waals surface area contributed by atoms with Gasteiger partial charge in [-0.3, -0.25) is 9.79 Å². The number of alkyl halides is 3. The molecule has 2 saturated heterocycles. The van der Waals surface area contributed by atoms with Crippen molar-refractivity contribution in [3.8, 4) is 0 Å². The van der Waals surface area contributed by atoms with Gasteiger partial charge in [0.1, 0.15) is 0 Å². The zero-order chi connectivity index (χ0) is 22.5. The maximum absolute atomic E-state index is 13.3. The molecule has 0 spiro atoms. The number of hydrogen-bond donors (Lipinski definition) is 1. The summed E-state index contributed by atoms with van der Waals surface area (Å²) in [6.07, 6.45) is -3.14. The lowest BCUT2D eigenvalue weighted by molar-refractivity contribution is -0.137. The molecule has 1 aromatic rings. The highest BCUT2D eigenvalue weighted by atomic mass is 127. The lowest BCUT2D eigenvalue weighted by Gasteiger charge is -2.39. The van der Waals surface area contributed by atoms with Crippen LogP contribution in [0.25, 0.3) is 0 Å². The molecule has 32 heavy (non-hydrogen) atoms. The first-order valence-corrected chi connectivity index (χ1v) is 10.8. The van der Waals surface area contributed by atoms with Gasteiger partial charge in [0.15, 0.2) is 5.96 Å². The van der Waals surface area contributed by atoms with Gasteiger partial charge in [-0.05, 0) is 31.4 Å². The Morgan fingerprint density at radius 2 is 1.78 bits per heavy atom. The van der Waals surface area contributed by atoms with Gasteiger partial charge in [-0.25, -0.2) is 0 Å². The van der Waals surface area contributed by atoms with Gasteiger partial charge in [0, 0.05) is 58.3 Å². The molecular formula is C22H32F3IN4O2. The summed E-state index contributed by atoms with van der Waals surface area (Å²) in [6, 6.07) is 5.62. The van der Waals surface area contributed by atoms with Crippen molar-refractivity contribution in [1.82, 2.24) is 15.1 Å². The monoisotopic (exact) mass is 568 g/mol. The van der Waals surface area contributed by atoms with Crippen LogP contribution >= 0.6 is 24.0 Å². The van der Waals surface area contributed by atoms with Gasteiger partial charge in [-0.2, -0.15) is 13.2 Å². The Hall–Kier alpha value is -1.56. The van der Waals surface area contributed by atoms with Crippen LogP contribution in [0.2, 0.25) is 0 Å². The Bertz CT molecular complexity index is 790. The number of piperazine rings is 1. The van der Waals surface area contributed by atoms with E-state index in [0.29, 0.717) is 70.9 Å². The molecule has 0 bridgehead atoms. The Labute approximate surface area is 204 Å². The quantitative estimate of drug-likeness (QED) is 0.344. The smallest absolute Gasteiger partial charge is 0.381 e. The molecule has 0 aromatic heterocycles. The van der Waals surface area contributed by atoms with Gasteiger partial charge in [-0.1, -0.05) is 18.2 Å². The predicted octanol–water partition coefficient (Wildman–Crippen LogP) is 3.50. The summed E-state index contributed by atoms with van der Waals surface area (Å²) in [6.45, 7) is 8.23. The normalized spacial score (nSPS) is 19.3. The van der Waals surface area contributed by atoms with E-state index in [1.807, 2.05) is 11.8 Å². The molecular weight excluding hydrogens is 536 g/mol. The first-order chi connectivity index (χ1) is 14.7. The van der Waals surface area contributed by atoms with Gasteiger partial charge in [-0.15, -0.1) is 24.0 Å². The molecule has 2 aliphatic rings. The van der Waals surface area contributed by atoms with E-state index < -0.39 is 17.2 Å². The Morgan fingerprint density at radius 3 is 2.34 bits per heavy atom. The molecule has 0 unspecified atom stereocenters. The number of benzene rings is 1. The van der Waals surface area contributed by atoms with Gasteiger partial charge in [0.2, 0.25) is 5.91 Å². The number of nitrogens with one attached hydrogen (secondary N) is 1. The third kappa shape index (κ3) is 6.49. The summed E-state index contributed by atoms with van der Waals surface area (Å²) in [5.74, 6) is 0.802. The maximum atomic E-state index is 13.3. The van der Waals surface area contributed by atoms with Crippen molar-refractivity contribution in [2.75, 3.05) is 52.5 Å². The van der Waals surface area contributed by atoms with Crippen LogP contribution in [0.4, 0.5) is 13.2 Å². The molecule has 3 rings (SSSR count). The third-order valence-electron chi connectivity index (χ3n) is 6.14. The lowest BCUT2D eigenvalue weighted by Crippen LogP contribution is -2.53. The van der Waals surface area contributed by atoms with E-state index in [9.17, 15) is 18.0 Å². The Balaban J connectivity index is 0.00000363. The van der Waals surface area contributed by atoms with E-state index in [2.05, 4.69) is 10.2 Å². The van der Waals surface area contributed by atoms with E-state index in [-0.39, 0.29) is 29.9 Å². The number of carbonyl (C=O) groups is 1. The molecule has 1 amide bonds. The van der Waals surface area contributed by atoms with Crippen molar-refractivity contribution in [2.24, 2.45) is 4.99 Å². The molecule has 10 heteroatoms. The number of aliphatic imine (C=N–C) groups is 1. The summed E-state index contributed by atoms with van der Waals surface area (Å²) >= 11 is 0. The SMILES string of the molecule is CCNC(=NCC1(c2cccc(C(F)(F)F)c2)CCOCC1)N1CCN(C(C)=O)CC1.I. The number of rotatable bonds is 4. The third-order valence-corrected chi connectivity index (χ3v) is 6.14. The van der Waals surface area contributed by atoms with E-state index in [1.165, 1.54) is 12.1 Å². The number of ether oxygens (including phenoxy) is 1. The lowest BCUT2D eigenvalue weighted by atomic mass is 9.74. The fourth-order valence-corrected chi connectivity index (χ4v) is 4.21. The zero-order valence-electron chi connectivity index (χ0n) is 18.6. The van der Waals surface area contributed by atoms with Crippen LogP contribution in [-0.4, -0.2) is 74.1 Å². The van der Waals surface area contributed by atoms with Crippen LogP contribution in [0.15, 0.2) is 29.3 Å². The number of halogens is 4.